The monoisotopic (exact) mass is 397 g/mol. The molecule has 2 N–H and O–H groups in total. The van der Waals surface area contributed by atoms with Crippen LogP contribution in [-0.2, 0) is 9.84 Å². The quantitative estimate of drug-likeness (QED) is 0.466. The molecule has 0 fully saturated rings. The van der Waals surface area contributed by atoms with Crippen LogP contribution in [0.25, 0.3) is 22.1 Å². The summed E-state index contributed by atoms with van der Waals surface area (Å²) >= 11 is 0. The Morgan fingerprint density at radius 2 is 1.79 bits per heavy atom. The fourth-order valence-corrected chi connectivity index (χ4v) is 4.42. The number of rotatable bonds is 7. The van der Waals surface area contributed by atoms with E-state index in [0.717, 1.165) is 10.9 Å². The van der Waals surface area contributed by atoms with Crippen molar-refractivity contribution in [3.05, 3.63) is 65.1 Å². The predicted molar refractivity (Wildman–Crippen MR) is 107 cm³/mol. The lowest BCUT2D eigenvalue weighted by Crippen LogP contribution is -2.08. The van der Waals surface area contributed by atoms with E-state index >= 15 is 0 Å². The number of fused-ring (bicyclic) bond motifs is 2. The number of nitrogens with zero attached hydrogens (tertiary/aromatic N) is 1. The van der Waals surface area contributed by atoms with Crippen molar-refractivity contribution in [3.8, 4) is 5.75 Å². The van der Waals surface area contributed by atoms with Crippen LogP contribution in [0.2, 0.25) is 0 Å². The van der Waals surface area contributed by atoms with Gasteiger partial charge in [0.2, 0.25) is 0 Å². The lowest BCUT2D eigenvalue weighted by Gasteiger charge is -2.08. The Morgan fingerprint density at radius 1 is 0.964 bits per heavy atom. The molecule has 2 aromatic carbocycles. The topological polar surface area (TPSA) is 105 Å². The van der Waals surface area contributed by atoms with Crippen LogP contribution >= 0.6 is 0 Å². The molecule has 2 aromatic heterocycles. The van der Waals surface area contributed by atoms with Crippen molar-refractivity contribution in [1.82, 2.24) is 15.0 Å². The number of unbranched alkanes of at least 4 members (excludes halogenated alkanes) is 1. The molecular formula is C20H19N3O4S. The molecule has 0 radical (unpaired) electrons. The average Bonchev–Trinajstić information content (AvgIpc) is 3.05. The molecule has 4 rings (SSSR count). The molecule has 0 saturated carbocycles. The number of aromatic amines is 2. The van der Waals surface area contributed by atoms with Crippen LogP contribution in [0.4, 0.5) is 0 Å². The minimum Gasteiger partial charge on any atom is -0.494 e. The summed E-state index contributed by atoms with van der Waals surface area (Å²) in [5.41, 5.74) is 1.62. The number of hydrogen-bond acceptors (Lipinski definition) is 5. The minimum atomic E-state index is -3.25. The second-order valence-electron chi connectivity index (χ2n) is 6.51. The van der Waals surface area contributed by atoms with Crippen LogP contribution in [0, 0.1) is 0 Å². The highest BCUT2D eigenvalue weighted by atomic mass is 32.2. The summed E-state index contributed by atoms with van der Waals surface area (Å²) in [6.07, 6.45) is 1.16. The third-order valence-corrected chi connectivity index (χ3v) is 6.26. The van der Waals surface area contributed by atoms with Gasteiger partial charge in [-0.05, 0) is 49.2 Å². The molecule has 28 heavy (non-hydrogen) atoms. The number of ether oxygens (including phenoxy) is 1. The zero-order valence-corrected chi connectivity index (χ0v) is 15.8. The third kappa shape index (κ3) is 3.91. The molecule has 0 spiro atoms. The summed E-state index contributed by atoms with van der Waals surface area (Å²) in [5.74, 6) is 0.776. The molecule has 2 heterocycles. The Hall–Kier alpha value is -3.13. The number of pyridine rings is 1. The van der Waals surface area contributed by atoms with Crippen LogP contribution < -0.4 is 10.4 Å². The maximum absolute atomic E-state index is 12.2. The van der Waals surface area contributed by atoms with Crippen molar-refractivity contribution in [3.63, 3.8) is 0 Å². The van der Waals surface area contributed by atoms with E-state index in [1.807, 2.05) is 24.3 Å². The van der Waals surface area contributed by atoms with Crippen LogP contribution in [-0.4, -0.2) is 35.7 Å². The molecule has 7 nitrogen and oxygen atoms in total. The first kappa shape index (κ1) is 18.2. The first-order valence-electron chi connectivity index (χ1n) is 8.95. The lowest BCUT2D eigenvalue weighted by atomic mass is 10.2. The maximum Gasteiger partial charge on any atom is 0.325 e. The number of hydrogen-bond donors (Lipinski definition) is 2. The van der Waals surface area contributed by atoms with Crippen LogP contribution in [0.15, 0.2) is 64.3 Å². The molecule has 4 aromatic rings. The Kier molecular flexibility index (Phi) is 4.87. The van der Waals surface area contributed by atoms with Gasteiger partial charge < -0.3 is 9.72 Å². The van der Waals surface area contributed by atoms with Gasteiger partial charge in [-0.25, -0.2) is 18.2 Å². The molecule has 0 saturated heterocycles. The third-order valence-electron chi connectivity index (χ3n) is 4.44. The smallest absolute Gasteiger partial charge is 0.325 e. The zero-order chi connectivity index (χ0) is 19.6. The second kappa shape index (κ2) is 7.47. The van der Waals surface area contributed by atoms with E-state index in [1.54, 1.807) is 30.3 Å². The fraction of sp³-hybridized carbons (Fsp3) is 0.200. The first-order chi connectivity index (χ1) is 13.5. The maximum atomic E-state index is 12.2. The van der Waals surface area contributed by atoms with Crippen molar-refractivity contribution in [2.24, 2.45) is 0 Å². The van der Waals surface area contributed by atoms with Gasteiger partial charge in [0, 0.05) is 5.39 Å². The van der Waals surface area contributed by atoms with Crippen molar-refractivity contribution in [2.45, 2.75) is 17.7 Å². The van der Waals surface area contributed by atoms with E-state index in [2.05, 4.69) is 15.0 Å². The number of nitrogens with one attached hydrogen (secondary N) is 2. The van der Waals surface area contributed by atoms with Crippen molar-refractivity contribution >= 4 is 31.9 Å². The SMILES string of the molecule is O=c1[nH]c2cc3cc(OCCCCS(=O)(=O)c4ccccc4)ccc3nc2[nH]1. The summed E-state index contributed by atoms with van der Waals surface area (Å²) in [5, 5.41) is 0.854. The number of benzene rings is 2. The number of imidazole rings is 1. The van der Waals surface area contributed by atoms with E-state index in [0.29, 0.717) is 41.3 Å². The van der Waals surface area contributed by atoms with Gasteiger partial charge in [0.1, 0.15) is 5.75 Å². The molecule has 0 atom stereocenters. The molecule has 0 aliphatic carbocycles. The summed E-state index contributed by atoms with van der Waals surface area (Å²) < 4.78 is 30.2. The molecule has 8 heteroatoms. The van der Waals surface area contributed by atoms with E-state index in [1.165, 1.54) is 0 Å². The molecule has 0 aliphatic heterocycles. The summed E-state index contributed by atoms with van der Waals surface area (Å²) in [6.45, 7) is 0.423. The van der Waals surface area contributed by atoms with Gasteiger partial charge in [-0.2, -0.15) is 0 Å². The standard InChI is InChI=1S/C20H19N3O4S/c24-20-22-18-13-14-12-15(8-9-17(14)21-19(18)23-20)27-10-4-5-11-28(25,26)16-6-2-1-3-7-16/h1-3,6-9,12-13H,4-5,10-11H2,(H2,21,22,23,24). The Morgan fingerprint density at radius 3 is 2.61 bits per heavy atom. The van der Waals surface area contributed by atoms with Crippen molar-refractivity contribution < 1.29 is 13.2 Å². The van der Waals surface area contributed by atoms with Gasteiger partial charge >= 0.3 is 5.69 Å². The first-order valence-corrected chi connectivity index (χ1v) is 10.6. The lowest BCUT2D eigenvalue weighted by molar-refractivity contribution is 0.310. The van der Waals surface area contributed by atoms with Crippen LogP contribution in [0.1, 0.15) is 12.8 Å². The predicted octanol–water partition coefficient (Wildman–Crippen LogP) is 3.04. The summed E-state index contributed by atoms with van der Waals surface area (Å²) in [7, 11) is -3.25. The fourth-order valence-electron chi connectivity index (χ4n) is 3.03. The molecular weight excluding hydrogens is 378 g/mol. The van der Waals surface area contributed by atoms with E-state index in [4.69, 9.17) is 4.74 Å². The number of H-pyrrole nitrogens is 2. The molecule has 0 aliphatic rings. The second-order valence-corrected chi connectivity index (χ2v) is 8.61. The van der Waals surface area contributed by atoms with Gasteiger partial charge in [0.15, 0.2) is 15.5 Å². The molecule has 144 valence electrons. The van der Waals surface area contributed by atoms with Crippen LogP contribution in [0.3, 0.4) is 0 Å². The van der Waals surface area contributed by atoms with Gasteiger partial charge in [-0.15, -0.1) is 0 Å². The zero-order valence-electron chi connectivity index (χ0n) is 15.0. The van der Waals surface area contributed by atoms with Crippen molar-refractivity contribution in [2.75, 3.05) is 12.4 Å². The largest absolute Gasteiger partial charge is 0.494 e. The van der Waals surface area contributed by atoms with E-state index < -0.39 is 9.84 Å². The Bertz CT molecular complexity index is 1280. The normalized spacial score (nSPS) is 11.9. The van der Waals surface area contributed by atoms with E-state index in [-0.39, 0.29) is 11.4 Å². The minimum absolute atomic E-state index is 0.0981. The van der Waals surface area contributed by atoms with Gasteiger partial charge in [-0.3, -0.25) is 4.98 Å². The van der Waals surface area contributed by atoms with Gasteiger partial charge in [0.05, 0.1) is 28.3 Å². The highest BCUT2D eigenvalue weighted by Crippen LogP contribution is 2.22. The molecule has 0 unspecified atom stereocenters. The summed E-state index contributed by atoms with van der Waals surface area (Å²) in [6, 6.07) is 15.8. The number of sulfone groups is 1. The van der Waals surface area contributed by atoms with Crippen molar-refractivity contribution in [1.29, 1.82) is 0 Å². The molecule has 0 bridgehead atoms. The van der Waals surface area contributed by atoms with Gasteiger partial charge in [0.25, 0.3) is 0 Å². The average molecular weight is 397 g/mol. The highest BCUT2D eigenvalue weighted by molar-refractivity contribution is 7.91. The molecule has 0 amide bonds. The van der Waals surface area contributed by atoms with E-state index in [9.17, 15) is 13.2 Å². The highest BCUT2D eigenvalue weighted by Gasteiger charge is 2.13. The number of aromatic nitrogens is 3. The van der Waals surface area contributed by atoms with Gasteiger partial charge in [-0.1, -0.05) is 18.2 Å². The summed E-state index contributed by atoms with van der Waals surface area (Å²) in [4.78, 5) is 21.5. The van der Waals surface area contributed by atoms with Crippen LogP contribution in [0.5, 0.6) is 5.75 Å². The Balaban J connectivity index is 1.35. The Labute approximate surface area is 161 Å².